The molecular formula is C24H28NP. The van der Waals surface area contributed by atoms with Crippen LogP contribution in [0.1, 0.15) is 51.4 Å². The van der Waals surface area contributed by atoms with Crippen LogP contribution in [-0.4, -0.2) is 15.9 Å². The summed E-state index contributed by atoms with van der Waals surface area (Å²) in [6.07, 6.45) is 11.6. The van der Waals surface area contributed by atoms with Crippen LogP contribution in [0.3, 0.4) is 0 Å². The molecule has 0 aliphatic heterocycles. The third kappa shape index (κ3) is 2.91. The Hall–Kier alpha value is -1.59. The smallest absolute Gasteiger partial charge is 0.0535 e. The third-order valence-corrected chi connectivity index (χ3v) is 9.87. The predicted octanol–water partition coefficient (Wildman–Crippen LogP) is 6.62. The van der Waals surface area contributed by atoms with Gasteiger partial charge in [0.1, 0.15) is 0 Å². The fraction of sp³-hybridized carbons (Fsp3) is 0.417. The van der Waals surface area contributed by atoms with Crippen molar-refractivity contribution in [2.75, 3.05) is 0 Å². The van der Waals surface area contributed by atoms with Crippen LogP contribution in [0.4, 0.5) is 0 Å². The standard InChI is InChI=1S/C24H28NP/c1-2-11-20(12-3-1)25-23-17-9-4-10-19(23)18-24(25)26(21-13-5-6-14-21)22-15-7-8-16-22/h1-4,9-12,17-18,21-22H,5-8,13-16H2. The molecular weight excluding hydrogens is 333 g/mol. The van der Waals surface area contributed by atoms with Crippen molar-refractivity contribution in [3.8, 4) is 5.69 Å². The Labute approximate surface area is 158 Å². The van der Waals surface area contributed by atoms with E-state index in [9.17, 15) is 0 Å². The summed E-state index contributed by atoms with van der Waals surface area (Å²) < 4.78 is 2.61. The van der Waals surface area contributed by atoms with Crippen molar-refractivity contribution in [2.24, 2.45) is 0 Å². The molecule has 26 heavy (non-hydrogen) atoms. The van der Waals surface area contributed by atoms with Gasteiger partial charge in [0.2, 0.25) is 0 Å². The first-order valence-electron chi connectivity index (χ1n) is 10.4. The van der Waals surface area contributed by atoms with Crippen molar-refractivity contribution < 1.29 is 0 Å². The molecule has 1 nitrogen and oxygen atoms in total. The van der Waals surface area contributed by atoms with E-state index in [1.54, 1.807) is 5.44 Å². The second kappa shape index (κ2) is 7.20. The van der Waals surface area contributed by atoms with E-state index >= 15 is 0 Å². The topological polar surface area (TPSA) is 4.93 Å². The number of hydrogen-bond acceptors (Lipinski definition) is 0. The molecule has 0 saturated heterocycles. The van der Waals surface area contributed by atoms with Gasteiger partial charge in [0.25, 0.3) is 0 Å². The van der Waals surface area contributed by atoms with E-state index in [1.807, 2.05) is 0 Å². The van der Waals surface area contributed by atoms with Gasteiger partial charge in [-0.15, -0.1) is 0 Å². The molecule has 2 aliphatic rings. The number of aromatic nitrogens is 1. The highest BCUT2D eigenvalue weighted by Gasteiger charge is 2.36. The maximum atomic E-state index is 2.61. The van der Waals surface area contributed by atoms with E-state index in [0.29, 0.717) is 0 Å². The van der Waals surface area contributed by atoms with Gasteiger partial charge in [-0.05, 0) is 61.3 Å². The molecule has 0 spiro atoms. The van der Waals surface area contributed by atoms with Gasteiger partial charge in [-0.25, -0.2) is 0 Å². The first-order valence-corrected chi connectivity index (χ1v) is 11.8. The molecule has 134 valence electrons. The largest absolute Gasteiger partial charge is 0.310 e. The molecule has 0 unspecified atom stereocenters. The Bertz CT molecular complexity index is 854. The monoisotopic (exact) mass is 361 g/mol. The highest BCUT2D eigenvalue weighted by atomic mass is 31.1. The van der Waals surface area contributed by atoms with E-state index in [2.05, 4.69) is 65.2 Å². The lowest BCUT2D eigenvalue weighted by molar-refractivity contribution is 0.833. The molecule has 0 amide bonds. The zero-order valence-electron chi connectivity index (χ0n) is 15.5. The van der Waals surface area contributed by atoms with Crippen LogP contribution in [0.5, 0.6) is 0 Å². The van der Waals surface area contributed by atoms with Gasteiger partial charge in [-0.3, -0.25) is 0 Å². The van der Waals surface area contributed by atoms with Gasteiger partial charge in [-0.1, -0.05) is 70.0 Å². The lowest BCUT2D eigenvalue weighted by Gasteiger charge is -2.31. The summed E-state index contributed by atoms with van der Waals surface area (Å²) in [6.45, 7) is 0. The molecule has 2 heteroatoms. The SMILES string of the molecule is c1ccc(-n2c(P(C3CCCC3)C3CCCC3)cc3ccccc32)cc1. The molecule has 1 heterocycles. The van der Waals surface area contributed by atoms with Crippen molar-refractivity contribution in [3.63, 3.8) is 0 Å². The summed E-state index contributed by atoms with van der Waals surface area (Å²) in [5.41, 5.74) is 6.26. The maximum Gasteiger partial charge on any atom is 0.0535 e. The summed E-state index contributed by atoms with van der Waals surface area (Å²) in [7, 11) is -0.0863. The van der Waals surface area contributed by atoms with Crippen molar-refractivity contribution in [1.29, 1.82) is 0 Å². The van der Waals surface area contributed by atoms with Crippen molar-refractivity contribution in [3.05, 3.63) is 60.7 Å². The maximum absolute atomic E-state index is 2.61. The van der Waals surface area contributed by atoms with Crippen LogP contribution in [-0.2, 0) is 0 Å². The Morgan fingerprint density at radius 2 is 1.27 bits per heavy atom. The first-order chi connectivity index (χ1) is 12.9. The average molecular weight is 361 g/mol. The van der Waals surface area contributed by atoms with Crippen LogP contribution in [0.15, 0.2) is 60.7 Å². The Morgan fingerprint density at radius 3 is 1.92 bits per heavy atom. The van der Waals surface area contributed by atoms with Gasteiger partial charge in [0.15, 0.2) is 0 Å². The van der Waals surface area contributed by atoms with Gasteiger partial charge in [0, 0.05) is 16.5 Å². The zero-order valence-corrected chi connectivity index (χ0v) is 16.4. The van der Waals surface area contributed by atoms with Crippen molar-refractivity contribution in [1.82, 2.24) is 4.57 Å². The first kappa shape index (κ1) is 16.6. The van der Waals surface area contributed by atoms with Crippen molar-refractivity contribution >= 4 is 24.3 Å². The van der Waals surface area contributed by atoms with E-state index in [0.717, 1.165) is 11.3 Å². The number of para-hydroxylation sites is 2. The van der Waals surface area contributed by atoms with Crippen LogP contribution >= 0.6 is 7.92 Å². The second-order valence-electron chi connectivity index (χ2n) is 8.02. The summed E-state index contributed by atoms with van der Waals surface area (Å²) in [4.78, 5) is 0. The Morgan fingerprint density at radius 1 is 0.692 bits per heavy atom. The molecule has 0 bridgehead atoms. The summed E-state index contributed by atoms with van der Waals surface area (Å²) in [5.74, 6) is 0. The fourth-order valence-corrected chi connectivity index (χ4v) is 9.15. The molecule has 5 rings (SSSR count). The van der Waals surface area contributed by atoms with Crippen molar-refractivity contribution in [2.45, 2.75) is 62.7 Å². The van der Waals surface area contributed by atoms with Gasteiger partial charge < -0.3 is 4.57 Å². The van der Waals surface area contributed by atoms with E-state index in [4.69, 9.17) is 0 Å². The van der Waals surface area contributed by atoms with Crippen LogP contribution in [0.2, 0.25) is 0 Å². The highest BCUT2D eigenvalue weighted by Crippen LogP contribution is 2.57. The quantitative estimate of drug-likeness (QED) is 0.460. The minimum atomic E-state index is -0.0863. The number of rotatable bonds is 4. The number of nitrogens with zero attached hydrogens (tertiary/aromatic N) is 1. The van der Waals surface area contributed by atoms with Gasteiger partial charge in [0.05, 0.1) is 5.52 Å². The highest BCUT2D eigenvalue weighted by molar-refractivity contribution is 7.66. The summed E-state index contributed by atoms with van der Waals surface area (Å²) in [6, 6.07) is 22.6. The minimum absolute atomic E-state index is 0.0863. The number of hydrogen-bond donors (Lipinski definition) is 0. The Balaban J connectivity index is 1.70. The molecule has 2 saturated carbocycles. The zero-order chi connectivity index (χ0) is 17.3. The second-order valence-corrected chi connectivity index (χ2v) is 10.7. The fourth-order valence-electron chi connectivity index (χ4n) is 5.22. The summed E-state index contributed by atoms with van der Waals surface area (Å²) >= 11 is 0. The third-order valence-electron chi connectivity index (χ3n) is 6.41. The van der Waals surface area contributed by atoms with E-state index in [-0.39, 0.29) is 7.92 Å². The molecule has 0 atom stereocenters. The Kier molecular flexibility index (Phi) is 4.59. The van der Waals surface area contributed by atoms with E-state index in [1.165, 1.54) is 68.0 Å². The normalized spacial score (nSPS) is 19.1. The summed E-state index contributed by atoms with van der Waals surface area (Å²) in [5, 5.41) is 1.41. The number of fused-ring (bicyclic) bond motifs is 1. The lowest BCUT2D eigenvalue weighted by atomic mass is 10.2. The molecule has 1 aromatic heterocycles. The minimum Gasteiger partial charge on any atom is -0.310 e. The van der Waals surface area contributed by atoms with Gasteiger partial charge >= 0.3 is 0 Å². The lowest BCUT2D eigenvalue weighted by Crippen LogP contribution is -2.24. The molecule has 0 radical (unpaired) electrons. The van der Waals surface area contributed by atoms with Gasteiger partial charge in [-0.2, -0.15) is 0 Å². The van der Waals surface area contributed by atoms with Crippen LogP contribution < -0.4 is 5.44 Å². The predicted molar refractivity (Wildman–Crippen MR) is 114 cm³/mol. The average Bonchev–Trinajstić information content (AvgIpc) is 3.44. The molecule has 0 N–H and O–H groups in total. The number of benzene rings is 2. The molecule has 2 aliphatic carbocycles. The van der Waals surface area contributed by atoms with Crippen LogP contribution in [0.25, 0.3) is 16.6 Å². The molecule has 2 fully saturated rings. The van der Waals surface area contributed by atoms with Crippen LogP contribution in [0, 0.1) is 0 Å². The van der Waals surface area contributed by atoms with E-state index < -0.39 is 0 Å². The molecule has 3 aromatic rings. The molecule has 2 aromatic carbocycles.